The summed E-state index contributed by atoms with van der Waals surface area (Å²) in [4.78, 5) is 16.1. The predicted molar refractivity (Wildman–Crippen MR) is 63.5 cm³/mol. The van der Waals surface area contributed by atoms with Gasteiger partial charge in [-0.05, 0) is 31.5 Å². The number of aryl methyl sites for hydroxylation is 2. The van der Waals surface area contributed by atoms with E-state index in [1.54, 1.807) is 17.0 Å². The summed E-state index contributed by atoms with van der Waals surface area (Å²) >= 11 is 0. The van der Waals surface area contributed by atoms with Gasteiger partial charge in [-0.15, -0.1) is 0 Å². The van der Waals surface area contributed by atoms with Gasteiger partial charge < -0.3 is 4.57 Å². The molecule has 2 heterocycles. The van der Waals surface area contributed by atoms with Crippen LogP contribution in [0.15, 0.2) is 41.5 Å². The summed E-state index contributed by atoms with van der Waals surface area (Å²) < 4.78 is 1.69. The summed E-state index contributed by atoms with van der Waals surface area (Å²) in [5.74, 6) is 0. The van der Waals surface area contributed by atoms with Crippen LogP contribution in [0.3, 0.4) is 0 Å². The molecule has 0 amide bonds. The number of hydrogen-bond acceptors (Lipinski definition) is 2. The molecule has 0 bridgehead atoms. The molecule has 0 aliphatic carbocycles. The zero-order valence-electron chi connectivity index (χ0n) is 9.47. The van der Waals surface area contributed by atoms with Gasteiger partial charge in [0.2, 0.25) is 0 Å². The minimum Gasteiger partial charge on any atom is -0.309 e. The second kappa shape index (κ2) is 4.31. The van der Waals surface area contributed by atoms with E-state index < -0.39 is 0 Å². The smallest absolute Gasteiger partial charge is 0.253 e. The van der Waals surface area contributed by atoms with Crippen LogP contribution in [0, 0.1) is 13.8 Å². The van der Waals surface area contributed by atoms with Gasteiger partial charge >= 0.3 is 0 Å². The van der Waals surface area contributed by atoms with Crippen LogP contribution in [0.25, 0.3) is 0 Å². The Kier molecular flexibility index (Phi) is 2.86. The second-order valence-corrected chi connectivity index (χ2v) is 3.89. The zero-order chi connectivity index (χ0) is 11.5. The van der Waals surface area contributed by atoms with E-state index in [9.17, 15) is 4.79 Å². The molecule has 3 heteroatoms. The van der Waals surface area contributed by atoms with Gasteiger partial charge in [0.05, 0.1) is 12.2 Å². The van der Waals surface area contributed by atoms with E-state index in [1.165, 1.54) is 0 Å². The van der Waals surface area contributed by atoms with E-state index in [1.807, 2.05) is 38.1 Å². The topological polar surface area (TPSA) is 34.9 Å². The molecule has 0 aromatic carbocycles. The van der Waals surface area contributed by atoms with Crippen molar-refractivity contribution >= 4 is 0 Å². The van der Waals surface area contributed by atoms with Gasteiger partial charge in [-0.25, -0.2) is 0 Å². The molecule has 0 saturated carbocycles. The Morgan fingerprint density at radius 3 is 2.69 bits per heavy atom. The molecule has 0 N–H and O–H groups in total. The fourth-order valence-electron chi connectivity index (χ4n) is 1.63. The molecule has 2 rings (SSSR count). The van der Waals surface area contributed by atoms with Crippen molar-refractivity contribution in [3.63, 3.8) is 0 Å². The third kappa shape index (κ3) is 2.03. The molecule has 2 aromatic rings. The molecule has 0 fully saturated rings. The molecular formula is C13H14N2O. The zero-order valence-corrected chi connectivity index (χ0v) is 9.47. The van der Waals surface area contributed by atoms with Crippen LogP contribution in [0.1, 0.15) is 16.8 Å². The number of rotatable bonds is 2. The lowest BCUT2D eigenvalue weighted by molar-refractivity contribution is 0.728. The molecule has 16 heavy (non-hydrogen) atoms. The minimum atomic E-state index is 0.0487. The Hall–Kier alpha value is -1.90. The number of aromatic nitrogens is 2. The van der Waals surface area contributed by atoms with Gasteiger partial charge in [-0.1, -0.05) is 12.1 Å². The fourth-order valence-corrected chi connectivity index (χ4v) is 1.63. The van der Waals surface area contributed by atoms with Gasteiger partial charge in [0.15, 0.2) is 0 Å². The van der Waals surface area contributed by atoms with Crippen molar-refractivity contribution in [3.8, 4) is 0 Å². The standard InChI is InChI=1S/C13H14N2O/c1-10-5-3-7-14-12(10)9-15-8-4-6-11(2)13(15)16/h3-8H,9H2,1-2H3. The van der Waals surface area contributed by atoms with Gasteiger partial charge in [0.1, 0.15) is 0 Å². The van der Waals surface area contributed by atoms with Gasteiger partial charge in [-0.2, -0.15) is 0 Å². The van der Waals surface area contributed by atoms with Crippen LogP contribution in [0.5, 0.6) is 0 Å². The second-order valence-electron chi connectivity index (χ2n) is 3.89. The lowest BCUT2D eigenvalue weighted by atomic mass is 10.2. The molecule has 0 aliphatic heterocycles. The summed E-state index contributed by atoms with van der Waals surface area (Å²) in [6, 6.07) is 7.61. The maximum Gasteiger partial charge on any atom is 0.253 e. The first-order valence-corrected chi connectivity index (χ1v) is 5.25. The first kappa shape index (κ1) is 10.6. The van der Waals surface area contributed by atoms with E-state index in [-0.39, 0.29) is 5.56 Å². The van der Waals surface area contributed by atoms with Crippen molar-refractivity contribution in [2.75, 3.05) is 0 Å². The highest BCUT2D eigenvalue weighted by Crippen LogP contribution is 2.04. The molecule has 0 radical (unpaired) electrons. The number of pyridine rings is 2. The summed E-state index contributed by atoms with van der Waals surface area (Å²) in [5.41, 5.74) is 2.86. The molecule has 82 valence electrons. The lowest BCUT2D eigenvalue weighted by Crippen LogP contribution is -2.22. The average molecular weight is 214 g/mol. The highest BCUT2D eigenvalue weighted by molar-refractivity contribution is 5.18. The fraction of sp³-hybridized carbons (Fsp3) is 0.231. The van der Waals surface area contributed by atoms with Crippen LogP contribution in [-0.4, -0.2) is 9.55 Å². The first-order valence-electron chi connectivity index (χ1n) is 5.25. The molecule has 0 spiro atoms. The Morgan fingerprint density at radius 2 is 1.94 bits per heavy atom. The van der Waals surface area contributed by atoms with Crippen LogP contribution in [-0.2, 0) is 6.54 Å². The third-order valence-corrected chi connectivity index (χ3v) is 2.65. The van der Waals surface area contributed by atoms with Crippen molar-refractivity contribution in [3.05, 3.63) is 63.8 Å². The van der Waals surface area contributed by atoms with Gasteiger partial charge in [0.25, 0.3) is 5.56 Å². The van der Waals surface area contributed by atoms with Crippen LogP contribution < -0.4 is 5.56 Å². The van der Waals surface area contributed by atoms with Crippen molar-refractivity contribution in [1.29, 1.82) is 0 Å². The normalized spacial score (nSPS) is 10.4. The number of hydrogen-bond donors (Lipinski definition) is 0. The van der Waals surface area contributed by atoms with E-state index in [0.717, 1.165) is 16.8 Å². The van der Waals surface area contributed by atoms with Crippen molar-refractivity contribution in [1.82, 2.24) is 9.55 Å². The molecular weight excluding hydrogens is 200 g/mol. The number of nitrogens with zero attached hydrogens (tertiary/aromatic N) is 2. The summed E-state index contributed by atoms with van der Waals surface area (Å²) in [5, 5.41) is 0. The average Bonchev–Trinajstić information content (AvgIpc) is 2.28. The molecule has 0 saturated heterocycles. The van der Waals surface area contributed by atoms with Crippen molar-refractivity contribution in [2.24, 2.45) is 0 Å². The van der Waals surface area contributed by atoms with Gasteiger partial charge in [0, 0.05) is 18.0 Å². The summed E-state index contributed by atoms with van der Waals surface area (Å²) in [7, 11) is 0. The summed E-state index contributed by atoms with van der Waals surface area (Å²) in [6.45, 7) is 4.36. The Balaban J connectivity index is 2.39. The van der Waals surface area contributed by atoms with Crippen LogP contribution in [0.4, 0.5) is 0 Å². The quantitative estimate of drug-likeness (QED) is 0.765. The highest BCUT2D eigenvalue weighted by Gasteiger charge is 2.02. The van der Waals surface area contributed by atoms with E-state index in [2.05, 4.69) is 4.98 Å². The predicted octanol–water partition coefficient (Wildman–Crippen LogP) is 1.91. The molecule has 0 unspecified atom stereocenters. The Bertz CT molecular complexity index is 558. The highest BCUT2D eigenvalue weighted by atomic mass is 16.1. The molecule has 3 nitrogen and oxygen atoms in total. The molecule has 0 atom stereocenters. The lowest BCUT2D eigenvalue weighted by Gasteiger charge is -2.07. The molecule has 2 aromatic heterocycles. The van der Waals surface area contributed by atoms with Gasteiger partial charge in [-0.3, -0.25) is 9.78 Å². The van der Waals surface area contributed by atoms with Crippen LogP contribution >= 0.6 is 0 Å². The maximum absolute atomic E-state index is 11.8. The monoisotopic (exact) mass is 214 g/mol. The Labute approximate surface area is 94.4 Å². The van der Waals surface area contributed by atoms with Crippen LogP contribution in [0.2, 0.25) is 0 Å². The van der Waals surface area contributed by atoms with E-state index in [0.29, 0.717) is 6.54 Å². The molecule has 0 aliphatic rings. The van der Waals surface area contributed by atoms with E-state index in [4.69, 9.17) is 0 Å². The van der Waals surface area contributed by atoms with Crippen molar-refractivity contribution < 1.29 is 0 Å². The Morgan fingerprint density at radius 1 is 1.19 bits per heavy atom. The SMILES string of the molecule is Cc1cccnc1Cn1cccc(C)c1=O. The minimum absolute atomic E-state index is 0.0487. The maximum atomic E-state index is 11.8. The third-order valence-electron chi connectivity index (χ3n) is 2.65. The van der Waals surface area contributed by atoms with E-state index >= 15 is 0 Å². The largest absolute Gasteiger partial charge is 0.309 e. The first-order chi connectivity index (χ1) is 7.68. The summed E-state index contributed by atoms with van der Waals surface area (Å²) in [6.07, 6.45) is 3.55. The van der Waals surface area contributed by atoms with Crippen molar-refractivity contribution in [2.45, 2.75) is 20.4 Å².